The van der Waals surface area contributed by atoms with Gasteiger partial charge in [-0.1, -0.05) is 19.1 Å². The van der Waals surface area contributed by atoms with E-state index in [-0.39, 0.29) is 36.3 Å². The average molecular weight is 556 g/mol. The molecule has 0 aromatic heterocycles. The van der Waals surface area contributed by atoms with Crippen LogP contribution in [0.2, 0.25) is 0 Å². The molecular formula is C21H35F2IN4O3. The van der Waals surface area contributed by atoms with E-state index in [1.807, 2.05) is 6.92 Å². The minimum absolute atomic E-state index is 0. The van der Waals surface area contributed by atoms with Crippen molar-refractivity contribution in [2.45, 2.75) is 33.9 Å². The second-order valence-electron chi connectivity index (χ2n) is 7.15. The van der Waals surface area contributed by atoms with Crippen LogP contribution in [0.4, 0.5) is 8.78 Å². The topological polar surface area (TPSA) is 67.4 Å². The normalized spacial score (nSPS) is 15.9. The van der Waals surface area contributed by atoms with Crippen LogP contribution in [0.25, 0.3) is 0 Å². The number of aliphatic imine (C=N–C) groups is 1. The molecule has 0 amide bonds. The predicted molar refractivity (Wildman–Crippen MR) is 129 cm³/mol. The molecule has 1 aliphatic rings. The van der Waals surface area contributed by atoms with Crippen LogP contribution < -0.4 is 20.1 Å². The number of halogens is 3. The Morgan fingerprint density at radius 1 is 1.23 bits per heavy atom. The molecule has 2 rings (SSSR count). The van der Waals surface area contributed by atoms with Gasteiger partial charge in [0.2, 0.25) is 0 Å². The van der Waals surface area contributed by atoms with Crippen molar-refractivity contribution >= 4 is 29.9 Å². The van der Waals surface area contributed by atoms with Crippen molar-refractivity contribution in [3.8, 4) is 11.5 Å². The van der Waals surface area contributed by atoms with Crippen LogP contribution >= 0.6 is 24.0 Å². The zero-order valence-corrected chi connectivity index (χ0v) is 20.9. The molecule has 1 atom stereocenters. The summed E-state index contributed by atoms with van der Waals surface area (Å²) in [5.74, 6) is 1.39. The van der Waals surface area contributed by atoms with E-state index in [2.05, 4.69) is 27.4 Å². The van der Waals surface area contributed by atoms with Crippen molar-refractivity contribution < 1.29 is 23.0 Å². The Balaban J connectivity index is 0.00000480. The summed E-state index contributed by atoms with van der Waals surface area (Å²) >= 11 is 0. The molecule has 1 unspecified atom stereocenters. The first-order valence-electron chi connectivity index (χ1n) is 10.5. The number of hydrogen-bond acceptors (Lipinski definition) is 5. The monoisotopic (exact) mass is 556 g/mol. The maximum atomic E-state index is 12.9. The van der Waals surface area contributed by atoms with Crippen LogP contribution in [-0.2, 0) is 11.3 Å². The summed E-state index contributed by atoms with van der Waals surface area (Å²) in [6, 6.07) is 5.08. The molecule has 1 aromatic rings. The number of benzene rings is 1. The molecule has 0 saturated carbocycles. The number of nitrogens with one attached hydrogen (secondary N) is 2. The van der Waals surface area contributed by atoms with Crippen molar-refractivity contribution in [1.29, 1.82) is 0 Å². The van der Waals surface area contributed by atoms with E-state index < -0.39 is 6.61 Å². The highest BCUT2D eigenvalue weighted by molar-refractivity contribution is 14.0. The van der Waals surface area contributed by atoms with Gasteiger partial charge < -0.3 is 24.8 Å². The molecule has 7 nitrogen and oxygen atoms in total. The Bertz CT molecular complexity index is 662. The standard InChI is InChI=1S/C21H34F2N4O3.HI/c1-4-24-21(25-13-16(3)15-27-9-11-28-12-10-27)26-14-17-7-6-8-18(29-5-2)19(17)30-20(22)23;/h6-8,16,20H,4-5,9-15H2,1-3H3,(H2,24,25,26);1H. The first-order valence-corrected chi connectivity index (χ1v) is 10.5. The lowest BCUT2D eigenvalue weighted by molar-refractivity contribution is -0.0520. The van der Waals surface area contributed by atoms with Crippen molar-refractivity contribution in [2.75, 3.05) is 52.5 Å². The second kappa shape index (κ2) is 15.4. The number of rotatable bonds is 11. The fourth-order valence-corrected chi connectivity index (χ4v) is 3.24. The van der Waals surface area contributed by atoms with Crippen LogP contribution in [0.15, 0.2) is 23.2 Å². The molecular weight excluding hydrogens is 521 g/mol. The molecule has 2 N–H and O–H groups in total. The third kappa shape index (κ3) is 10.2. The van der Waals surface area contributed by atoms with Gasteiger partial charge in [0, 0.05) is 38.3 Å². The van der Waals surface area contributed by atoms with E-state index in [0.29, 0.717) is 36.3 Å². The first-order chi connectivity index (χ1) is 14.5. The fourth-order valence-electron chi connectivity index (χ4n) is 3.24. The lowest BCUT2D eigenvalue weighted by Crippen LogP contribution is -2.44. The maximum absolute atomic E-state index is 12.9. The average Bonchev–Trinajstić information content (AvgIpc) is 2.72. The van der Waals surface area contributed by atoms with E-state index >= 15 is 0 Å². The minimum atomic E-state index is -2.93. The molecule has 1 heterocycles. The molecule has 0 spiro atoms. The van der Waals surface area contributed by atoms with Crippen molar-refractivity contribution in [3.05, 3.63) is 23.8 Å². The third-order valence-corrected chi connectivity index (χ3v) is 4.61. The zero-order chi connectivity index (χ0) is 21.8. The summed E-state index contributed by atoms with van der Waals surface area (Å²) in [6.45, 7) is 9.51. The van der Waals surface area contributed by atoms with Crippen LogP contribution in [0.3, 0.4) is 0 Å². The predicted octanol–water partition coefficient (Wildman–Crippen LogP) is 3.33. The highest BCUT2D eigenvalue weighted by atomic mass is 127. The summed E-state index contributed by atoms with van der Waals surface area (Å²) < 4.78 is 41.3. The van der Waals surface area contributed by atoms with E-state index in [0.717, 1.165) is 39.4 Å². The summed E-state index contributed by atoms with van der Waals surface area (Å²) in [5.41, 5.74) is 0.541. The number of ether oxygens (including phenoxy) is 3. The van der Waals surface area contributed by atoms with Gasteiger partial charge in [-0.05, 0) is 25.8 Å². The van der Waals surface area contributed by atoms with Gasteiger partial charge in [-0.25, -0.2) is 4.99 Å². The van der Waals surface area contributed by atoms with E-state index in [4.69, 9.17) is 14.2 Å². The first kappa shape index (κ1) is 27.6. The number of nitrogens with zero attached hydrogens (tertiary/aromatic N) is 2. The lowest BCUT2D eigenvalue weighted by Gasteiger charge is -2.29. The Morgan fingerprint density at radius 3 is 2.61 bits per heavy atom. The van der Waals surface area contributed by atoms with Gasteiger partial charge in [0.15, 0.2) is 17.5 Å². The molecule has 0 radical (unpaired) electrons. The van der Waals surface area contributed by atoms with Crippen molar-refractivity contribution in [2.24, 2.45) is 10.9 Å². The summed E-state index contributed by atoms with van der Waals surface area (Å²) in [7, 11) is 0. The van der Waals surface area contributed by atoms with Gasteiger partial charge in [-0.3, -0.25) is 4.90 Å². The minimum Gasteiger partial charge on any atom is -0.490 e. The van der Waals surface area contributed by atoms with Crippen LogP contribution in [-0.4, -0.2) is 70.0 Å². The smallest absolute Gasteiger partial charge is 0.387 e. The molecule has 0 aliphatic carbocycles. The van der Waals surface area contributed by atoms with E-state index in [9.17, 15) is 8.78 Å². The highest BCUT2D eigenvalue weighted by Crippen LogP contribution is 2.33. The Kier molecular flexibility index (Phi) is 13.7. The molecule has 31 heavy (non-hydrogen) atoms. The largest absolute Gasteiger partial charge is 0.490 e. The van der Waals surface area contributed by atoms with Gasteiger partial charge in [0.1, 0.15) is 0 Å². The van der Waals surface area contributed by atoms with Crippen molar-refractivity contribution in [3.63, 3.8) is 0 Å². The van der Waals surface area contributed by atoms with Gasteiger partial charge in [0.05, 0.1) is 26.4 Å². The van der Waals surface area contributed by atoms with Crippen molar-refractivity contribution in [1.82, 2.24) is 15.5 Å². The second-order valence-corrected chi connectivity index (χ2v) is 7.15. The molecule has 0 bridgehead atoms. The quantitative estimate of drug-likeness (QED) is 0.248. The zero-order valence-electron chi connectivity index (χ0n) is 18.5. The van der Waals surface area contributed by atoms with Gasteiger partial charge in [-0.2, -0.15) is 8.78 Å². The maximum Gasteiger partial charge on any atom is 0.387 e. The van der Waals surface area contributed by atoms with Crippen LogP contribution in [0.5, 0.6) is 11.5 Å². The van der Waals surface area contributed by atoms with E-state index in [1.54, 1.807) is 25.1 Å². The summed E-state index contributed by atoms with van der Waals surface area (Å²) in [4.78, 5) is 6.95. The number of morpholine rings is 1. The molecule has 10 heteroatoms. The summed E-state index contributed by atoms with van der Waals surface area (Å²) in [6.07, 6.45) is 0. The molecule has 1 saturated heterocycles. The molecule has 1 fully saturated rings. The summed E-state index contributed by atoms with van der Waals surface area (Å²) in [5, 5.41) is 6.54. The number of alkyl halides is 2. The van der Waals surface area contributed by atoms with E-state index in [1.165, 1.54) is 0 Å². The fraction of sp³-hybridized carbons (Fsp3) is 0.667. The van der Waals surface area contributed by atoms with Crippen LogP contribution in [0, 0.1) is 5.92 Å². The number of para-hydroxylation sites is 1. The Morgan fingerprint density at radius 2 is 1.97 bits per heavy atom. The third-order valence-electron chi connectivity index (χ3n) is 4.61. The molecule has 178 valence electrons. The number of guanidine groups is 1. The Hall–Kier alpha value is -1.40. The Labute approximate surface area is 200 Å². The highest BCUT2D eigenvalue weighted by Gasteiger charge is 2.16. The van der Waals surface area contributed by atoms with Gasteiger partial charge in [-0.15, -0.1) is 24.0 Å². The molecule has 1 aromatic carbocycles. The lowest BCUT2D eigenvalue weighted by atomic mass is 10.1. The van der Waals surface area contributed by atoms with Crippen LogP contribution in [0.1, 0.15) is 26.3 Å². The number of hydrogen-bond donors (Lipinski definition) is 2. The van der Waals surface area contributed by atoms with Gasteiger partial charge in [0.25, 0.3) is 0 Å². The SMILES string of the molecule is CCNC(=NCc1cccc(OCC)c1OC(F)F)NCC(C)CN1CCOCC1.I. The molecule has 1 aliphatic heterocycles. The van der Waals surface area contributed by atoms with Gasteiger partial charge >= 0.3 is 6.61 Å².